The van der Waals surface area contributed by atoms with Crippen molar-refractivity contribution in [3.8, 4) is 0 Å². The first-order valence-corrected chi connectivity index (χ1v) is 10.0. The van der Waals surface area contributed by atoms with Gasteiger partial charge >= 0.3 is 0 Å². The van der Waals surface area contributed by atoms with Crippen molar-refractivity contribution in [1.29, 1.82) is 0 Å². The molecule has 3 saturated heterocycles. The number of aryl methyl sites for hydroxylation is 1. The van der Waals surface area contributed by atoms with Crippen LogP contribution in [0, 0.1) is 12.8 Å². The molecule has 0 saturated carbocycles. The summed E-state index contributed by atoms with van der Waals surface area (Å²) in [5.74, 6) is 0.103. The molecule has 1 aromatic rings. The molecule has 3 unspecified atom stereocenters. The first kappa shape index (κ1) is 17.5. The lowest BCUT2D eigenvalue weighted by Crippen LogP contribution is -2.51. The van der Waals surface area contributed by atoms with Crippen LogP contribution >= 0.6 is 0 Å². The van der Waals surface area contributed by atoms with Gasteiger partial charge in [0.05, 0.1) is 5.92 Å². The minimum absolute atomic E-state index is 0.0439. The van der Waals surface area contributed by atoms with Crippen LogP contribution in [0.3, 0.4) is 0 Å². The normalized spacial score (nSPS) is 30.9. The second-order valence-electron chi connectivity index (χ2n) is 8.27. The number of likely N-dealkylation sites (tertiary alicyclic amines) is 1. The van der Waals surface area contributed by atoms with Gasteiger partial charge in [0.1, 0.15) is 0 Å². The average molecular weight is 355 g/mol. The van der Waals surface area contributed by atoms with E-state index in [1.165, 1.54) is 12.8 Å². The molecule has 2 N–H and O–H groups in total. The Bertz CT molecular complexity index is 660. The topological polar surface area (TPSA) is 61.4 Å². The number of fused-ring (bicyclic) bond motifs is 2. The van der Waals surface area contributed by atoms with Crippen LogP contribution in [0.1, 0.15) is 54.4 Å². The number of carbonyl (C=O) groups is 2. The van der Waals surface area contributed by atoms with Crippen LogP contribution in [0.2, 0.25) is 0 Å². The third-order valence-electron chi connectivity index (χ3n) is 6.20. The second kappa shape index (κ2) is 7.39. The highest BCUT2D eigenvalue weighted by atomic mass is 16.2. The molecule has 26 heavy (non-hydrogen) atoms. The number of rotatable bonds is 3. The van der Waals surface area contributed by atoms with E-state index in [2.05, 4.69) is 10.6 Å². The number of carbonyl (C=O) groups excluding carboxylic acids is 2. The second-order valence-corrected chi connectivity index (χ2v) is 8.27. The Morgan fingerprint density at radius 1 is 1.08 bits per heavy atom. The van der Waals surface area contributed by atoms with Crippen molar-refractivity contribution in [3.63, 3.8) is 0 Å². The number of nitrogens with one attached hydrogen (secondary N) is 2. The van der Waals surface area contributed by atoms with Gasteiger partial charge in [-0.2, -0.15) is 0 Å². The third kappa shape index (κ3) is 3.78. The van der Waals surface area contributed by atoms with Crippen LogP contribution in [0.25, 0.3) is 0 Å². The van der Waals surface area contributed by atoms with Crippen LogP contribution in [0.15, 0.2) is 24.3 Å². The standard InChI is InChI=1S/C21H29N3O2/c1-14-4-6-15(7-5-14)21(26)24-10-2-3-16(13-24)20(25)23-19-11-17-8-9-18(12-19)22-17/h4-7,16-19,22H,2-3,8-13H2,1H3,(H,23,25). The first-order valence-electron chi connectivity index (χ1n) is 10.0. The molecule has 0 spiro atoms. The Morgan fingerprint density at radius 2 is 1.77 bits per heavy atom. The minimum atomic E-state index is -0.0781. The van der Waals surface area contributed by atoms with Crippen LogP contribution in [0.5, 0.6) is 0 Å². The molecule has 140 valence electrons. The van der Waals surface area contributed by atoms with E-state index in [0.717, 1.165) is 37.8 Å². The van der Waals surface area contributed by atoms with Crippen molar-refractivity contribution < 1.29 is 9.59 Å². The SMILES string of the molecule is Cc1ccc(C(=O)N2CCCC(C(=O)NC3CC4CCC(C3)N4)C2)cc1. The Balaban J connectivity index is 1.34. The smallest absolute Gasteiger partial charge is 0.253 e. The molecule has 3 aliphatic heterocycles. The lowest BCUT2D eigenvalue weighted by molar-refractivity contribution is -0.127. The van der Waals surface area contributed by atoms with Crippen LogP contribution in [-0.2, 0) is 4.79 Å². The number of benzene rings is 1. The molecular formula is C21H29N3O2. The monoisotopic (exact) mass is 355 g/mol. The molecule has 5 nitrogen and oxygen atoms in total. The molecule has 2 amide bonds. The summed E-state index contributed by atoms with van der Waals surface area (Å²) >= 11 is 0. The number of amides is 2. The van der Waals surface area contributed by atoms with Crippen molar-refractivity contribution in [1.82, 2.24) is 15.5 Å². The van der Waals surface area contributed by atoms with Crippen molar-refractivity contribution in [2.45, 2.75) is 63.6 Å². The summed E-state index contributed by atoms with van der Waals surface area (Å²) in [6.45, 7) is 3.30. The zero-order valence-corrected chi connectivity index (χ0v) is 15.5. The van der Waals surface area contributed by atoms with Gasteiger partial charge < -0.3 is 15.5 Å². The van der Waals surface area contributed by atoms with Gasteiger partial charge in [0.25, 0.3) is 5.91 Å². The summed E-state index contributed by atoms with van der Waals surface area (Å²) in [7, 11) is 0. The predicted molar refractivity (Wildman–Crippen MR) is 101 cm³/mol. The van der Waals surface area contributed by atoms with Crippen molar-refractivity contribution in [3.05, 3.63) is 35.4 Å². The van der Waals surface area contributed by atoms with E-state index in [9.17, 15) is 9.59 Å². The summed E-state index contributed by atoms with van der Waals surface area (Å²) in [5.41, 5.74) is 1.86. The van der Waals surface area contributed by atoms with Gasteiger partial charge in [-0.1, -0.05) is 17.7 Å². The number of piperidine rings is 2. The first-order chi connectivity index (χ1) is 12.6. The Labute approximate surface area is 155 Å². The number of hydrogen-bond acceptors (Lipinski definition) is 3. The van der Waals surface area contributed by atoms with Gasteiger partial charge in [-0.05, 0) is 57.6 Å². The molecule has 5 heteroatoms. The minimum Gasteiger partial charge on any atom is -0.353 e. The molecule has 3 fully saturated rings. The summed E-state index contributed by atoms with van der Waals surface area (Å²) in [6, 6.07) is 9.14. The van der Waals surface area contributed by atoms with E-state index in [0.29, 0.717) is 30.2 Å². The summed E-state index contributed by atoms with van der Waals surface area (Å²) in [4.78, 5) is 27.4. The average Bonchev–Trinajstić information content (AvgIpc) is 3.00. The molecule has 0 aromatic heterocycles. The van der Waals surface area contributed by atoms with Crippen molar-refractivity contribution in [2.24, 2.45) is 5.92 Å². The quantitative estimate of drug-likeness (QED) is 0.874. The van der Waals surface area contributed by atoms with E-state index < -0.39 is 0 Å². The molecule has 3 aliphatic rings. The molecule has 0 aliphatic carbocycles. The van der Waals surface area contributed by atoms with E-state index in [-0.39, 0.29) is 17.7 Å². The van der Waals surface area contributed by atoms with E-state index in [1.54, 1.807) is 0 Å². The fraction of sp³-hybridized carbons (Fsp3) is 0.619. The highest BCUT2D eigenvalue weighted by Gasteiger charge is 2.36. The Hall–Kier alpha value is -1.88. The van der Waals surface area contributed by atoms with Gasteiger partial charge in [0, 0.05) is 36.8 Å². The molecule has 3 heterocycles. The maximum absolute atomic E-state index is 12.8. The summed E-state index contributed by atoms with van der Waals surface area (Å²) in [6.07, 6.45) is 6.33. The number of hydrogen-bond donors (Lipinski definition) is 2. The lowest BCUT2D eigenvalue weighted by atomic mass is 9.94. The molecule has 3 atom stereocenters. The van der Waals surface area contributed by atoms with E-state index >= 15 is 0 Å². The largest absolute Gasteiger partial charge is 0.353 e. The van der Waals surface area contributed by atoms with Gasteiger partial charge in [-0.3, -0.25) is 9.59 Å². The predicted octanol–water partition coefficient (Wildman–Crippen LogP) is 2.25. The Morgan fingerprint density at radius 3 is 2.46 bits per heavy atom. The zero-order valence-electron chi connectivity index (χ0n) is 15.5. The van der Waals surface area contributed by atoms with Gasteiger partial charge in [0.2, 0.25) is 5.91 Å². The highest BCUT2D eigenvalue weighted by molar-refractivity contribution is 5.94. The summed E-state index contributed by atoms with van der Waals surface area (Å²) in [5, 5.41) is 6.89. The van der Waals surface area contributed by atoms with Crippen molar-refractivity contribution >= 4 is 11.8 Å². The maximum atomic E-state index is 12.8. The molecule has 2 bridgehead atoms. The van der Waals surface area contributed by atoms with E-state index in [4.69, 9.17) is 0 Å². The summed E-state index contributed by atoms with van der Waals surface area (Å²) < 4.78 is 0. The molecule has 0 radical (unpaired) electrons. The van der Waals surface area contributed by atoms with Crippen LogP contribution < -0.4 is 10.6 Å². The Kier molecular flexibility index (Phi) is 4.98. The fourth-order valence-electron chi connectivity index (χ4n) is 4.75. The van der Waals surface area contributed by atoms with Crippen LogP contribution in [-0.4, -0.2) is 47.9 Å². The lowest BCUT2D eigenvalue weighted by Gasteiger charge is -2.35. The highest BCUT2D eigenvalue weighted by Crippen LogP contribution is 2.27. The van der Waals surface area contributed by atoms with E-state index in [1.807, 2.05) is 36.1 Å². The molecular weight excluding hydrogens is 326 g/mol. The van der Waals surface area contributed by atoms with Gasteiger partial charge in [-0.25, -0.2) is 0 Å². The van der Waals surface area contributed by atoms with Gasteiger partial charge in [-0.15, -0.1) is 0 Å². The molecule has 1 aromatic carbocycles. The fourth-order valence-corrected chi connectivity index (χ4v) is 4.75. The van der Waals surface area contributed by atoms with Crippen LogP contribution in [0.4, 0.5) is 0 Å². The maximum Gasteiger partial charge on any atom is 0.253 e. The zero-order chi connectivity index (χ0) is 18.1. The molecule has 4 rings (SSSR count). The third-order valence-corrected chi connectivity index (χ3v) is 6.20. The number of nitrogens with zero attached hydrogens (tertiary/aromatic N) is 1. The van der Waals surface area contributed by atoms with Gasteiger partial charge in [0.15, 0.2) is 0 Å². The van der Waals surface area contributed by atoms with Crippen molar-refractivity contribution in [2.75, 3.05) is 13.1 Å².